The zero-order valence-corrected chi connectivity index (χ0v) is 11.1. The fraction of sp³-hybridized carbons (Fsp3) is 0.533. The number of hydrogen-bond donors (Lipinski definition) is 2. The zero-order chi connectivity index (χ0) is 13.2. The number of nitrogens with two attached hydrogens (primary N) is 1. The van der Waals surface area contributed by atoms with Crippen LogP contribution in [0.3, 0.4) is 0 Å². The zero-order valence-electron chi connectivity index (χ0n) is 11.1. The van der Waals surface area contributed by atoms with Crippen LogP contribution in [0.1, 0.15) is 24.8 Å². The van der Waals surface area contributed by atoms with Gasteiger partial charge < -0.3 is 11.1 Å². The SMILES string of the molecule is N#CCc1cc(NC2CCN3CCCC23)ccc1N. The molecule has 1 aromatic carbocycles. The second-order valence-electron chi connectivity index (χ2n) is 5.53. The van der Waals surface area contributed by atoms with E-state index in [9.17, 15) is 0 Å². The number of fused-ring (bicyclic) bond motifs is 1. The molecule has 0 radical (unpaired) electrons. The fourth-order valence-corrected chi connectivity index (χ4v) is 3.40. The van der Waals surface area contributed by atoms with E-state index in [0.29, 0.717) is 24.2 Å². The number of anilines is 2. The van der Waals surface area contributed by atoms with E-state index in [1.165, 1.54) is 32.4 Å². The molecule has 2 aliphatic rings. The molecule has 2 aliphatic heterocycles. The van der Waals surface area contributed by atoms with E-state index >= 15 is 0 Å². The lowest BCUT2D eigenvalue weighted by Gasteiger charge is -2.22. The van der Waals surface area contributed by atoms with Crippen molar-refractivity contribution in [2.24, 2.45) is 0 Å². The number of nitriles is 1. The van der Waals surface area contributed by atoms with Crippen molar-refractivity contribution in [3.63, 3.8) is 0 Å². The number of nitrogen functional groups attached to an aromatic ring is 1. The highest BCUT2D eigenvalue weighted by molar-refractivity contribution is 5.58. The Hall–Kier alpha value is -1.73. The molecule has 2 unspecified atom stereocenters. The number of benzene rings is 1. The van der Waals surface area contributed by atoms with Crippen molar-refractivity contribution >= 4 is 11.4 Å². The summed E-state index contributed by atoms with van der Waals surface area (Å²) >= 11 is 0. The minimum atomic E-state index is 0.377. The van der Waals surface area contributed by atoms with Gasteiger partial charge in [0.2, 0.25) is 0 Å². The summed E-state index contributed by atoms with van der Waals surface area (Å²) in [6.07, 6.45) is 4.21. The van der Waals surface area contributed by atoms with E-state index in [4.69, 9.17) is 11.0 Å². The topological polar surface area (TPSA) is 65.1 Å². The van der Waals surface area contributed by atoms with E-state index < -0.39 is 0 Å². The van der Waals surface area contributed by atoms with Crippen molar-refractivity contribution < 1.29 is 0 Å². The van der Waals surface area contributed by atoms with Crippen LogP contribution in [-0.4, -0.2) is 30.1 Å². The highest BCUT2D eigenvalue weighted by Gasteiger charge is 2.36. The highest BCUT2D eigenvalue weighted by Crippen LogP contribution is 2.30. The summed E-state index contributed by atoms with van der Waals surface area (Å²) < 4.78 is 0. The van der Waals surface area contributed by atoms with Crippen LogP contribution in [0.25, 0.3) is 0 Å². The molecule has 0 aromatic heterocycles. The van der Waals surface area contributed by atoms with Gasteiger partial charge in [0.05, 0.1) is 12.5 Å². The summed E-state index contributed by atoms with van der Waals surface area (Å²) in [4.78, 5) is 2.59. The third kappa shape index (κ3) is 2.39. The van der Waals surface area contributed by atoms with E-state index in [0.717, 1.165) is 11.3 Å². The lowest BCUT2D eigenvalue weighted by molar-refractivity contribution is 0.318. The Balaban J connectivity index is 1.73. The maximum atomic E-state index is 8.81. The van der Waals surface area contributed by atoms with Crippen molar-refractivity contribution in [3.05, 3.63) is 23.8 Å². The first-order valence-electron chi connectivity index (χ1n) is 7.04. The summed E-state index contributed by atoms with van der Waals surface area (Å²) in [6, 6.07) is 9.35. The molecule has 0 spiro atoms. The largest absolute Gasteiger partial charge is 0.398 e. The minimum absolute atomic E-state index is 0.377. The second kappa shape index (κ2) is 5.10. The molecule has 100 valence electrons. The van der Waals surface area contributed by atoms with Crippen LogP contribution in [0.2, 0.25) is 0 Å². The van der Waals surface area contributed by atoms with E-state index in [1.54, 1.807) is 0 Å². The van der Waals surface area contributed by atoms with Gasteiger partial charge in [-0.2, -0.15) is 5.26 Å². The van der Waals surface area contributed by atoms with Gasteiger partial charge in [-0.1, -0.05) is 0 Å². The maximum absolute atomic E-state index is 8.81. The van der Waals surface area contributed by atoms with Crippen molar-refractivity contribution in [2.45, 2.75) is 37.8 Å². The molecule has 2 fully saturated rings. The molecule has 2 heterocycles. The molecule has 0 amide bonds. The van der Waals surface area contributed by atoms with Crippen molar-refractivity contribution in [3.8, 4) is 6.07 Å². The molecule has 3 N–H and O–H groups in total. The van der Waals surface area contributed by atoms with Crippen LogP contribution < -0.4 is 11.1 Å². The Kier molecular flexibility index (Phi) is 3.31. The van der Waals surface area contributed by atoms with Crippen LogP contribution >= 0.6 is 0 Å². The number of nitrogens with zero attached hydrogens (tertiary/aromatic N) is 2. The molecule has 1 aromatic rings. The average Bonchev–Trinajstić information content (AvgIpc) is 2.99. The number of hydrogen-bond acceptors (Lipinski definition) is 4. The van der Waals surface area contributed by atoms with Gasteiger partial charge in [-0.3, -0.25) is 4.90 Å². The van der Waals surface area contributed by atoms with Gasteiger partial charge in [0.25, 0.3) is 0 Å². The molecule has 2 atom stereocenters. The predicted molar refractivity (Wildman–Crippen MR) is 76.8 cm³/mol. The minimum Gasteiger partial charge on any atom is -0.398 e. The van der Waals surface area contributed by atoms with Crippen LogP contribution in [0.4, 0.5) is 11.4 Å². The number of nitrogens with one attached hydrogen (secondary N) is 1. The third-order valence-electron chi connectivity index (χ3n) is 4.37. The quantitative estimate of drug-likeness (QED) is 0.812. The molecule has 19 heavy (non-hydrogen) atoms. The summed E-state index contributed by atoms with van der Waals surface area (Å²) in [6.45, 7) is 2.46. The summed E-state index contributed by atoms with van der Waals surface area (Å²) in [5, 5.41) is 12.4. The normalized spacial score (nSPS) is 26.1. The monoisotopic (exact) mass is 256 g/mol. The molecule has 0 saturated carbocycles. The molecular weight excluding hydrogens is 236 g/mol. The first kappa shape index (κ1) is 12.3. The van der Waals surface area contributed by atoms with Gasteiger partial charge in [-0.05, 0) is 49.6 Å². The Labute approximate surface area is 114 Å². The smallest absolute Gasteiger partial charge is 0.0670 e. The molecule has 4 heteroatoms. The first-order chi connectivity index (χ1) is 9.28. The third-order valence-corrected chi connectivity index (χ3v) is 4.37. The molecule has 2 saturated heterocycles. The Bertz CT molecular complexity index is 505. The van der Waals surface area contributed by atoms with Gasteiger partial charge in [0.1, 0.15) is 0 Å². The van der Waals surface area contributed by atoms with Crippen LogP contribution in [0.5, 0.6) is 0 Å². The Morgan fingerprint density at radius 2 is 2.26 bits per heavy atom. The predicted octanol–water partition coefficient (Wildman–Crippen LogP) is 1.98. The first-order valence-corrected chi connectivity index (χ1v) is 7.04. The van der Waals surface area contributed by atoms with Crippen molar-refractivity contribution in [2.75, 3.05) is 24.1 Å². The van der Waals surface area contributed by atoms with Gasteiger partial charge in [0, 0.05) is 30.0 Å². The van der Waals surface area contributed by atoms with Gasteiger partial charge in [0.15, 0.2) is 0 Å². The van der Waals surface area contributed by atoms with Crippen LogP contribution in [-0.2, 0) is 6.42 Å². The van der Waals surface area contributed by atoms with E-state index in [-0.39, 0.29) is 0 Å². The summed E-state index contributed by atoms with van der Waals surface area (Å²) in [5.41, 5.74) is 8.61. The van der Waals surface area contributed by atoms with Gasteiger partial charge >= 0.3 is 0 Å². The second-order valence-corrected chi connectivity index (χ2v) is 5.53. The maximum Gasteiger partial charge on any atom is 0.0670 e. The lowest BCUT2D eigenvalue weighted by atomic mass is 10.0. The summed E-state index contributed by atoms with van der Waals surface area (Å²) in [5.74, 6) is 0. The summed E-state index contributed by atoms with van der Waals surface area (Å²) in [7, 11) is 0. The van der Waals surface area contributed by atoms with E-state index in [1.807, 2.05) is 18.2 Å². The molecular formula is C15H20N4. The van der Waals surface area contributed by atoms with Crippen LogP contribution in [0, 0.1) is 11.3 Å². The standard InChI is InChI=1S/C15H20N4/c16-7-5-11-10-12(3-4-13(11)17)18-14-6-9-19-8-1-2-15(14)19/h3-4,10,14-15,18H,1-2,5-6,8-9,17H2. The van der Waals surface area contributed by atoms with Gasteiger partial charge in [-0.25, -0.2) is 0 Å². The van der Waals surface area contributed by atoms with Crippen LogP contribution in [0.15, 0.2) is 18.2 Å². The molecule has 0 bridgehead atoms. The Morgan fingerprint density at radius 1 is 1.37 bits per heavy atom. The van der Waals surface area contributed by atoms with Crippen molar-refractivity contribution in [1.82, 2.24) is 4.90 Å². The Morgan fingerprint density at radius 3 is 3.11 bits per heavy atom. The molecule has 0 aliphatic carbocycles. The fourth-order valence-electron chi connectivity index (χ4n) is 3.40. The van der Waals surface area contributed by atoms with Crippen molar-refractivity contribution in [1.29, 1.82) is 5.26 Å². The lowest BCUT2D eigenvalue weighted by Crippen LogP contribution is -2.33. The average molecular weight is 256 g/mol. The number of rotatable bonds is 3. The molecule has 4 nitrogen and oxygen atoms in total. The highest BCUT2D eigenvalue weighted by atomic mass is 15.2. The molecule has 3 rings (SSSR count). The van der Waals surface area contributed by atoms with Gasteiger partial charge in [-0.15, -0.1) is 0 Å². The van der Waals surface area contributed by atoms with E-state index in [2.05, 4.69) is 16.3 Å².